The van der Waals surface area contributed by atoms with E-state index in [2.05, 4.69) is 4.98 Å². The third-order valence-electron chi connectivity index (χ3n) is 3.77. The van der Waals surface area contributed by atoms with E-state index >= 15 is 0 Å². The zero-order chi connectivity index (χ0) is 18.0. The Labute approximate surface area is 147 Å². The van der Waals surface area contributed by atoms with E-state index in [4.69, 9.17) is 0 Å². The van der Waals surface area contributed by atoms with E-state index in [0.29, 0.717) is 11.2 Å². The maximum absolute atomic E-state index is 12.3. The Balaban J connectivity index is 1.80. The second kappa shape index (κ2) is 6.94. The highest BCUT2D eigenvalue weighted by Crippen LogP contribution is 2.13. The monoisotopic (exact) mass is 356 g/mol. The molecule has 3 rings (SSSR count). The fraction of sp³-hybridized carbons (Fsp3) is 0.176. The van der Waals surface area contributed by atoms with Crippen molar-refractivity contribution < 1.29 is 4.79 Å². The Hall–Kier alpha value is -2.87. The van der Waals surface area contributed by atoms with Gasteiger partial charge in [0.05, 0.1) is 12.2 Å². The number of hydrogen-bond donors (Lipinski definition) is 0. The lowest BCUT2D eigenvalue weighted by atomic mass is 10.2. The molecule has 0 spiro atoms. The molecule has 0 amide bonds. The van der Waals surface area contributed by atoms with Gasteiger partial charge in [-0.1, -0.05) is 48.2 Å². The van der Waals surface area contributed by atoms with Crippen LogP contribution in [-0.2, 0) is 24.8 Å². The molecule has 0 aliphatic rings. The lowest BCUT2D eigenvalue weighted by molar-refractivity contribution is -0.107. The van der Waals surface area contributed by atoms with Crippen molar-refractivity contribution in [3.63, 3.8) is 0 Å². The van der Waals surface area contributed by atoms with Gasteiger partial charge in [0.25, 0.3) is 5.56 Å². The number of aryl methyl sites for hydroxylation is 1. The van der Waals surface area contributed by atoms with Gasteiger partial charge in [-0.15, -0.1) is 0 Å². The van der Waals surface area contributed by atoms with Gasteiger partial charge < -0.3 is 4.57 Å². The summed E-state index contributed by atoms with van der Waals surface area (Å²) in [6, 6.07) is 9.51. The summed E-state index contributed by atoms with van der Waals surface area (Å²) in [7, 11) is 2.98. The number of carbonyl (C=O) groups is 1. The molecule has 0 aliphatic heterocycles. The topological polar surface area (TPSA) is 78.9 Å². The molecule has 128 valence electrons. The minimum absolute atomic E-state index is 0.132. The first-order chi connectivity index (χ1) is 12.0. The SMILES string of the molecule is Cn1c(=O)c2c(ncn2CSC(=O)/C=C/c2ccccc2)n(C)c1=O. The summed E-state index contributed by atoms with van der Waals surface area (Å²) in [5.41, 5.74) is 0.687. The molecule has 0 N–H and O–H groups in total. The summed E-state index contributed by atoms with van der Waals surface area (Å²) >= 11 is 1.05. The zero-order valence-corrected chi connectivity index (χ0v) is 14.6. The number of fused-ring (bicyclic) bond motifs is 1. The number of imidazole rings is 1. The van der Waals surface area contributed by atoms with Crippen molar-refractivity contribution in [1.29, 1.82) is 0 Å². The van der Waals surface area contributed by atoms with Gasteiger partial charge in [-0.3, -0.25) is 18.7 Å². The van der Waals surface area contributed by atoms with Crippen LogP contribution in [0, 0.1) is 0 Å². The van der Waals surface area contributed by atoms with Crippen LogP contribution >= 0.6 is 11.8 Å². The van der Waals surface area contributed by atoms with Gasteiger partial charge in [-0.2, -0.15) is 0 Å². The summed E-state index contributed by atoms with van der Waals surface area (Å²) in [6.07, 6.45) is 4.70. The minimum Gasteiger partial charge on any atom is -0.314 e. The Morgan fingerprint density at radius 3 is 2.60 bits per heavy atom. The normalized spacial score (nSPS) is 11.4. The summed E-state index contributed by atoms with van der Waals surface area (Å²) in [5, 5.41) is -0.132. The predicted octanol–water partition coefficient (Wildman–Crippen LogP) is 1.36. The maximum Gasteiger partial charge on any atom is 0.332 e. The highest BCUT2D eigenvalue weighted by molar-refractivity contribution is 8.13. The predicted molar refractivity (Wildman–Crippen MR) is 98.3 cm³/mol. The van der Waals surface area contributed by atoms with Crippen LogP contribution in [0.2, 0.25) is 0 Å². The Kier molecular flexibility index (Phi) is 4.71. The van der Waals surface area contributed by atoms with Crippen molar-refractivity contribution in [3.8, 4) is 0 Å². The first-order valence-electron chi connectivity index (χ1n) is 7.50. The first-order valence-corrected chi connectivity index (χ1v) is 8.48. The van der Waals surface area contributed by atoms with Gasteiger partial charge in [0, 0.05) is 14.1 Å². The average Bonchev–Trinajstić information content (AvgIpc) is 3.06. The third-order valence-corrected chi connectivity index (χ3v) is 4.60. The Morgan fingerprint density at radius 2 is 1.88 bits per heavy atom. The van der Waals surface area contributed by atoms with Crippen molar-refractivity contribution in [1.82, 2.24) is 18.7 Å². The van der Waals surface area contributed by atoms with E-state index in [1.165, 1.54) is 24.0 Å². The highest BCUT2D eigenvalue weighted by Gasteiger charge is 2.14. The van der Waals surface area contributed by atoms with E-state index in [1.807, 2.05) is 30.3 Å². The second-order valence-electron chi connectivity index (χ2n) is 5.43. The van der Waals surface area contributed by atoms with Crippen molar-refractivity contribution in [3.05, 3.63) is 69.1 Å². The largest absolute Gasteiger partial charge is 0.332 e. The standard InChI is InChI=1S/C17H16N4O3S/c1-19-15-14(16(23)20(2)17(19)24)21(10-18-15)11-25-13(22)9-8-12-6-4-3-5-7-12/h3-10H,11H2,1-2H3/b9-8+. The molecule has 0 atom stereocenters. The molecule has 0 bridgehead atoms. The lowest BCUT2D eigenvalue weighted by Gasteiger charge is -2.05. The van der Waals surface area contributed by atoms with Crippen LogP contribution in [-0.4, -0.2) is 23.8 Å². The number of carbonyl (C=O) groups excluding carboxylic acids is 1. The number of thioether (sulfide) groups is 1. The number of nitrogens with zero attached hydrogens (tertiary/aromatic N) is 4. The molecule has 25 heavy (non-hydrogen) atoms. The van der Waals surface area contributed by atoms with Crippen LogP contribution < -0.4 is 11.2 Å². The molecular formula is C17H16N4O3S. The summed E-state index contributed by atoms with van der Waals surface area (Å²) < 4.78 is 3.92. The fourth-order valence-electron chi connectivity index (χ4n) is 2.40. The summed E-state index contributed by atoms with van der Waals surface area (Å²) in [6.45, 7) is 0. The highest BCUT2D eigenvalue weighted by atomic mass is 32.2. The molecule has 0 radical (unpaired) electrons. The van der Waals surface area contributed by atoms with Gasteiger partial charge in [0.1, 0.15) is 0 Å². The Bertz CT molecular complexity index is 1080. The number of benzene rings is 1. The quantitative estimate of drug-likeness (QED) is 0.660. The molecule has 0 saturated heterocycles. The molecule has 7 nitrogen and oxygen atoms in total. The van der Waals surface area contributed by atoms with Crippen LogP contribution in [0.4, 0.5) is 0 Å². The second-order valence-corrected chi connectivity index (χ2v) is 6.38. The molecule has 1 aromatic carbocycles. The Morgan fingerprint density at radius 1 is 1.16 bits per heavy atom. The first kappa shape index (κ1) is 17.0. The number of aromatic nitrogens is 4. The van der Waals surface area contributed by atoms with Gasteiger partial charge in [0.2, 0.25) is 5.12 Å². The summed E-state index contributed by atoms with van der Waals surface area (Å²) in [5.74, 6) is 0.238. The minimum atomic E-state index is -0.433. The van der Waals surface area contributed by atoms with Gasteiger partial charge in [0.15, 0.2) is 11.2 Å². The van der Waals surface area contributed by atoms with E-state index in [-0.39, 0.29) is 11.0 Å². The molecule has 0 unspecified atom stereocenters. The fourth-order valence-corrected chi connectivity index (χ4v) is 3.03. The number of hydrogen-bond acceptors (Lipinski definition) is 5. The van der Waals surface area contributed by atoms with Crippen molar-refractivity contribution in [2.24, 2.45) is 14.1 Å². The smallest absolute Gasteiger partial charge is 0.314 e. The van der Waals surface area contributed by atoms with Crippen LogP contribution in [0.3, 0.4) is 0 Å². The van der Waals surface area contributed by atoms with Crippen LogP contribution in [0.5, 0.6) is 0 Å². The molecule has 2 heterocycles. The average molecular weight is 356 g/mol. The zero-order valence-electron chi connectivity index (χ0n) is 13.7. The molecule has 0 aliphatic carbocycles. The van der Waals surface area contributed by atoms with E-state index in [0.717, 1.165) is 21.9 Å². The molecule has 3 aromatic rings. The van der Waals surface area contributed by atoms with Gasteiger partial charge in [-0.25, -0.2) is 9.78 Å². The van der Waals surface area contributed by atoms with Gasteiger partial charge >= 0.3 is 5.69 Å². The summed E-state index contributed by atoms with van der Waals surface area (Å²) in [4.78, 5) is 40.4. The van der Waals surface area contributed by atoms with Crippen LogP contribution in [0.15, 0.2) is 52.3 Å². The van der Waals surface area contributed by atoms with Crippen molar-refractivity contribution in [2.75, 3.05) is 0 Å². The molecule has 2 aromatic heterocycles. The molecule has 0 saturated carbocycles. The molecule has 8 heteroatoms. The van der Waals surface area contributed by atoms with Crippen molar-refractivity contribution in [2.45, 2.75) is 5.88 Å². The number of rotatable bonds is 4. The van der Waals surface area contributed by atoms with E-state index < -0.39 is 11.2 Å². The molecular weight excluding hydrogens is 340 g/mol. The van der Waals surface area contributed by atoms with E-state index in [9.17, 15) is 14.4 Å². The van der Waals surface area contributed by atoms with Gasteiger partial charge in [-0.05, 0) is 11.6 Å². The van der Waals surface area contributed by atoms with Crippen LogP contribution in [0.25, 0.3) is 17.2 Å². The lowest BCUT2D eigenvalue weighted by Crippen LogP contribution is -2.37. The van der Waals surface area contributed by atoms with Crippen LogP contribution in [0.1, 0.15) is 5.56 Å². The maximum atomic E-state index is 12.3. The van der Waals surface area contributed by atoms with Crippen molar-refractivity contribution >= 4 is 34.1 Å². The van der Waals surface area contributed by atoms with E-state index in [1.54, 1.807) is 17.7 Å². The molecule has 0 fully saturated rings. The third kappa shape index (κ3) is 3.34.